The average molecular weight is 418 g/mol. The molecule has 0 saturated carbocycles. The number of amides is 1. The molecule has 1 fully saturated rings. The van der Waals surface area contributed by atoms with Gasteiger partial charge in [-0.25, -0.2) is 8.42 Å². The van der Waals surface area contributed by atoms with Crippen molar-refractivity contribution in [1.82, 2.24) is 14.5 Å². The number of nitrogens with zero attached hydrogens (tertiary/aromatic N) is 2. The molecule has 0 aromatic heterocycles. The van der Waals surface area contributed by atoms with Crippen LogP contribution in [0.5, 0.6) is 5.75 Å². The fraction of sp³-hybridized carbons (Fsp3) is 0.381. The lowest BCUT2D eigenvalue weighted by Crippen LogP contribution is -2.50. The lowest BCUT2D eigenvalue weighted by atomic mass is 10.2. The Kier molecular flexibility index (Phi) is 7.24. The smallest absolute Gasteiger partial charge is 0.257 e. The molecule has 1 amide bonds. The Balaban J connectivity index is 1.37. The molecule has 29 heavy (non-hydrogen) atoms. The van der Waals surface area contributed by atoms with Gasteiger partial charge in [-0.2, -0.15) is 4.31 Å². The monoisotopic (exact) mass is 417 g/mol. The summed E-state index contributed by atoms with van der Waals surface area (Å²) in [5.41, 5.74) is 0.989. The van der Waals surface area contributed by atoms with Gasteiger partial charge in [0, 0.05) is 39.3 Å². The molecular formula is C21H27N3O4S. The van der Waals surface area contributed by atoms with Crippen LogP contribution in [-0.2, 0) is 14.8 Å². The van der Waals surface area contributed by atoms with Gasteiger partial charge in [0.25, 0.3) is 5.91 Å². The highest BCUT2D eigenvalue weighted by Crippen LogP contribution is 2.17. The van der Waals surface area contributed by atoms with Crippen molar-refractivity contribution in [3.8, 4) is 5.75 Å². The summed E-state index contributed by atoms with van der Waals surface area (Å²) in [6, 6.07) is 16.1. The molecule has 1 heterocycles. The molecule has 2 aromatic carbocycles. The van der Waals surface area contributed by atoms with E-state index in [1.165, 1.54) is 4.31 Å². The van der Waals surface area contributed by atoms with Crippen molar-refractivity contribution in [2.75, 3.05) is 45.9 Å². The number of carbonyl (C=O) groups is 1. The summed E-state index contributed by atoms with van der Waals surface area (Å²) in [7, 11) is -3.44. The van der Waals surface area contributed by atoms with Crippen molar-refractivity contribution in [2.45, 2.75) is 11.8 Å². The number of aryl methyl sites for hydroxylation is 1. The van der Waals surface area contributed by atoms with Crippen molar-refractivity contribution in [3.63, 3.8) is 0 Å². The van der Waals surface area contributed by atoms with Crippen LogP contribution in [0.25, 0.3) is 0 Å². The average Bonchev–Trinajstić information content (AvgIpc) is 2.74. The molecule has 0 radical (unpaired) electrons. The van der Waals surface area contributed by atoms with Gasteiger partial charge in [-0.15, -0.1) is 0 Å². The minimum atomic E-state index is -3.44. The van der Waals surface area contributed by atoms with E-state index >= 15 is 0 Å². The van der Waals surface area contributed by atoms with Crippen LogP contribution < -0.4 is 10.1 Å². The van der Waals surface area contributed by atoms with E-state index in [4.69, 9.17) is 4.74 Å². The van der Waals surface area contributed by atoms with Gasteiger partial charge in [0.05, 0.1) is 4.90 Å². The molecule has 156 valence electrons. The van der Waals surface area contributed by atoms with Crippen LogP contribution in [0.15, 0.2) is 59.5 Å². The van der Waals surface area contributed by atoms with Crippen LogP contribution in [0.4, 0.5) is 0 Å². The molecule has 3 rings (SSSR count). The molecule has 1 saturated heterocycles. The van der Waals surface area contributed by atoms with E-state index in [1.807, 2.05) is 31.2 Å². The second-order valence-electron chi connectivity index (χ2n) is 6.96. The van der Waals surface area contributed by atoms with Gasteiger partial charge in [0.1, 0.15) is 5.75 Å². The predicted octanol–water partition coefficient (Wildman–Crippen LogP) is 1.50. The zero-order valence-corrected chi connectivity index (χ0v) is 17.4. The zero-order valence-electron chi connectivity index (χ0n) is 16.6. The van der Waals surface area contributed by atoms with Gasteiger partial charge in [-0.05, 0) is 30.7 Å². The summed E-state index contributed by atoms with van der Waals surface area (Å²) in [4.78, 5) is 14.4. The zero-order chi connectivity index (χ0) is 20.7. The molecule has 0 atom stereocenters. The number of hydrogen-bond acceptors (Lipinski definition) is 5. The van der Waals surface area contributed by atoms with Gasteiger partial charge < -0.3 is 10.1 Å². The summed E-state index contributed by atoms with van der Waals surface area (Å²) >= 11 is 0. The lowest BCUT2D eigenvalue weighted by molar-refractivity contribution is -0.123. The minimum absolute atomic E-state index is 0.0199. The maximum absolute atomic E-state index is 12.6. The van der Waals surface area contributed by atoms with E-state index in [0.717, 1.165) is 5.56 Å². The maximum atomic E-state index is 12.6. The summed E-state index contributed by atoms with van der Waals surface area (Å²) in [5.74, 6) is 0.539. The summed E-state index contributed by atoms with van der Waals surface area (Å²) in [6.07, 6.45) is 0. The number of sulfonamides is 1. The number of hydrogen-bond donors (Lipinski definition) is 1. The van der Waals surface area contributed by atoms with Gasteiger partial charge in [0.2, 0.25) is 10.0 Å². The molecule has 1 N–H and O–H groups in total. The highest BCUT2D eigenvalue weighted by molar-refractivity contribution is 7.89. The Morgan fingerprint density at radius 1 is 1.00 bits per heavy atom. The van der Waals surface area contributed by atoms with Crippen LogP contribution >= 0.6 is 0 Å². The first-order valence-electron chi connectivity index (χ1n) is 9.69. The van der Waals surface area contributed by atoms with E-state index in [0.29, 0.717) is 49.9 Å². The highest BCUT2D eigenvalue weighted by Gasteiger charge is 2.28. The van der Waals surface area contributed by atoms with Crippen LogP contribution in [0.2, 0.25) is 0 Å². The Hall–Kier alpha value is -2.42. The van der Waals surface area contributed by atoms with Crippen molar-refractivity contribution in [2.24, 2.45) is 0 Å². The summed E-state index contributed by atoms with van der Waals surface area (Å²) in [5, 5.41) is 2.85. The Bertz CT molecular complexity index is 911. The maximum Gasteiger partial charge on any atom is 0.257 e. The second kappa shape index (κ2) is 9.87. The number of piperazine rings is 1. The second-order valence-corrected chi connectivity index (χ2v) is 8.90. The number of carbonyl (C=O) groups excluding carboxylic acids is 1. The van der Waals surface area contributed by atoms with E-state index in [1.54, 1.807) is 30.3 Å². The fourth-order valence-electron chi connectivity index (χ4n) is 3.20. The van der Waals surface area contributed by atoms with E-state index < -0.39 is 10.0 Å². The van der Waals surface area contributed by atoms with Gasteiger partial charge in [-0.3, -0.25) is 9.69 Å². The molecule has 7 nitrogen and oxygen atoms in total. The molecule has 1 aliphatic heterocycles. The standard InChI is InChI=1S/C21H27N3O4S/c1-18-7-5-6-10-20(18)28-17-21(25)22-11-12-23-13-15-24(16-14-23)29(26,27)19-8-3-2-4-9-19/h2-10H,11-17H2,1H3,(H,22,25). The molecule has 0 aliphatic carbocycles. The van der Waals surface area contributed by atoms with Crippen molar-refractivity contribution >= 4 is 15.9 Å². The number of nitrogens with one attached hydrogen (secondary N) is 1. The first-order valence-corrected chi connectivity index (χ1v) is 11.1. The number of rotatable bonds is 8. The molecule has 1 aliphatic rings. The van der Waals surface area contributed by atoms with Crippen molar-refractivity contribution in [1.29, 1.82) is 0 Å². The lowest BCUT2D eigenvalue weighted by Gasteiger charge is -2.33. The van der Waals surface area contributed by atoms with Crippen LogP contribution in [-0.4, -0.2) is 69.4 Å². The molecule has 0 bridgehead atoms. The first-order chi connectivity index (χ1) is 14.0. The normalized spacial score (nSPS) is 15.8. The minimum Gasteiger partial charge on any atom is -0.484 e. The summed E-state index contributed by atoms with van der Waals surface area (Å²) in [6.45, 7) is 5.27. The predicted molar refractivity (Wildman–Crippen MR) is 111 cm³/mol. The first kappa shape index (κ1) is 21.3. The molecule has 0 unspecified atom stereocenters. The molecule has 2 aromatic rings. The van der Waals surface area contributed by atoms with E-state index in [-0.39, 0.29) is 12.5 Å². The van der Waals surface area contributed by atoms with Gasteiger partial charge >= 0.3 is 0 Å². The van der Waals surface area contributed by atoms with Crippen LogP contribution in [0, 0.1) is 6.92 Å². The Morgan fingerprint density at radius 2 is 1.66 bits per heavy atom. The van der Waals surface area contributed by atoms with E-state index in [9.17, 15) is 13.2 Å². The van der Waals surface area contributed by atoms with Crippen molar-refractivity contribution in [3.05, 3.63) is 60.2 Å². The largest absolute Gasteiger partial charge is 0.484 e. The SMILES string of the molecule is Cc1ccccc1OCC(=O)NCCN1CCN(S(=O)(=O)c2ccccc2)CC1. The third-order valence-electron chi connectivity index (χ3n) is 4.91. The van der Waals surface area contributed by atoms with E-state index in [2.05, 4.69) is 10.2 Å². The van der Waals surface area contributed by atoms with Crippen molar-refractivity contribution < 1.29 is 17.9 Å². The Morgan fingerprint density at radius 3 is 2.34 bits per heavy atom. The molecule has 0 spiro atoms. The third kappa shape index (κ3) is 5.79. The quantitative estimate of drug-likeness (QED) is 0.704. The third-order valence-corrected chi connectivity index (χ3v) is 6.83. The number of para-hydroxylation sites is 1. The van der Waals surface area contributed by atoms with Crippen LogP contribution in [0.3, 0.4) is 0 Å². The number of benzene rings is 2. The highest BCUT2D eigenvalue weighted by atomic mass is 32.2. The summed E-state index contributed by atoms with van der Waals surface area (Å²) < 4.78 is 32.4. The molecule has 8 heteroatoms. The molecular weight excluding hydrogens is 390 g/mol. The van der Waals surface area contributed by atoms with Gasteiger partial charge in [0.15, 0.2) is 6.61 Å². The van der Waals surface area contributed by atoms with Gasteiger partial charge in [-0.1, -0.05) is 36.4 Å². The topological polar surface area (TPSA) is 79.0 Å². The Labute approximate surface area is 172 Å². The fourth-order valence-corrected chi connectivity index (χ4v) is 4.64. The van der Waals surface area contributed by atoms with Crippen LogP contribution in [0.1, 0.15) is 5.56 Å². The number of ether oxygens (including phenoxy) is 1.